The maximum atomic E-state index is 12.5. The highest BCUT2D eigenvalue weighted by molar-refractivity contribution is 6.04. The van der Waals surface area contributed by atoms with E-state index < -0.39 is 4.92 Å². The second-order valence-corrected chi connectivity index (χ2v) is 8.09. The zero-order valence-corrected chi connectivity index (χ0v) is 19.2. The van der Waals surface area contributed by atoms with Crippen molar-refractivity contribution >= 4 is 34.3 Å². The van der Waals surface area contributed by atoms with Gasteiger partial charge in [0.05, 0.1) is 22.0 Å². The van der Waals surface area contributed by atoms with E-state index in [4.69, 9.17) is 0 Å². The number of imidazole rings is 1. The lowest BCUT2D eigenvalue weighted by atomic mass is 10.1. The molecule has 10 heteroatoms. The number of carbonyl (C=O) groups excluding carboxylic acids is 1. The van der Waals surface area contributed by atoms with Gasteiger partial charge in [-0.3, -0.25) is 19.5 Å². The molecule has 36 heavy (non-hydrogen) atoms. The zero-order valence-electron chi connectivity index (χ0n) is 19.2. The van der Waals surface area contributed by atoms with E-state index in [1.54, 1.807) is 42.9 Å². The van der Waals surface area contributed by atoms with Crippen molar-refractivity contribution in [2.45, 2.75) is 13.0 Å². The number of amides is 1. The molecule has 0 radical (unpaired) electrons. The van der Waals surface area contributed by atoms with E-state index in [0.717, 1.165) is 11.1 Å². The van der Waals surface area contributed by atoms with Crippen LogP contribution in [0.5, 0.6) is 0 Å². The third kappa shape index (κ3) is 4.73. The van der Waals surface area contributed by atoms with Crippen LogP contribution in [0.2, 0.25) is 0 Å². The number of non-ortho nitro benzene ring substituents is 1. The molecule has 0 aliphatic heterocycles. The summed E-state index contributed by atoms with van der Waals surface area (Å²) >= 11 is 0. The first-order chi connectivity index (χ1) is 17.5. The van der Waals surface area contributed by atoms with Gasteiger partial charge in [-0.25, -0.2) is 9.97 Å². The second kappa shape index (κ2) is 9.63. The van der Waals surface area contributed by atoms with Gasteiger partial charge in [0.1, 0.15) is 12.1 Å². The maximum absolute atomic E-state index is 12.5. The molecular weight excluding hydrogens is 458 g/mol. The molecule has 10 nitrogen and oxygen atoms in total. The summed E-state index contributed by atoms with van der Waals surface area (Å²) in [5.41, 5.74) is 3.49. The molecule has 0 saturated carbocycles. The molecule has 0 fully saturated rings. The topological polar surface area (TPSA) is 128 Å². The molecule has 5 rings (SSSR count). The first-order valence-electron chi connectivity index (χ1n) is 11.2. The Kier molecular flexibility index (Phi) is 6.06. The summed E-state index contributed by atoms with van der Waals surface area (Å²) < 4.78 is 1.82. The van der Waals surface area contributed by atoms with Gasteiger partial charge in [-0.2, -0.15) is 4.98 Å². The minimum absolute atomic E-state index is 0.0278. The normalized spacial score (nSPS) is 11.7. The van der Waals surface area contributed by atoms with Gasteiger partial charge in [0.2, 0.25) is 5.95 Å². The quantitative estimate of drug-likeness (QED) is 0.244. The van der Waals surface area contributed by atoms with E-state index in [1.165, 1.54) is 12.1 Å². The fourth-order valence-corrected chi connectivity index (χ4v) is 3.80. The number of rotatable bonds is 7. The van der Waals surface area contributed by atoms with Gasteiger partial charge in [-0.05, 0) is 48.9 Å². The van der Waals surface area contributed by atoms with Gasteiger partial charge < -0.3 is 10.6 Å². The van der Waals surface area contributed by atoms with Crippen LogP contribution in [0.15, 0.2) is 91.4 Å². The van der Waals surface area contributed by atoms with E-state index in [2.05, 4.69) is 25.6 Å². The lowest BCUT2D eigenvalue weighted by molar-refractivity contribution is -0.384. The molecular formula is C26H21N7O3. The highest BCUT2D eigenvalue weighted by atomic mass is 16.6. The van der Waals surface area contributed by atoms with Crippen molar-refractivity contribution in [1.29, 1.82) is 0 Å². The number of hydrogen-bond donors (Lipinski definition) is 2. The molecule has 1 amide bonds. The van der Waals surface area contributed by atoms with Gasteiger partial charge in [0.15, 0.2) is 0 Å². The molecule has 0 spiro atoms. The molecule has 178 valence electrons. The molecule has 0 saturated heterocycles. The van der Waals surface area contributed by atoms with Crippen LogP contribution in [0.25, 0.3) is 16.9 Å². The molecule has 1 unspecified atom stereocenters. The molecule has 5 aromatic rings. The largest absolute Gasteiger partial charge is 0.348 e. The number of fused-ring (bicyclic) bond motifs is 1. The molecule has 3 aromatic carbocycles. The van der Waals surface area contributed by atoms with E-state index in [0.29, 0.717) is 28.5 Å². The standard InChI is InChI=1S/C26H21N7O3/c1-17(19-8-5-9-21(14-19)33(35)36)29-26-27-13-12-24(31-26)32-16-28-22-15-20(10-11-23(22)32)30-25(34)18-6-3-2-4-7-18/h2-17H,1H3,(H,30,34)(H,27,29,31). The minimum atomic E-state index is -0.421. The Labute approximate surface area is 205 Å². The first-order valence-corrected chi connectivity index (χ1v) is 11.2. The molecule has 1 atom stereocenters. The van der Waals surface area contributed by atoms with Crippen LogP contribution in [0.1, 0.15) is 28.9 Å². The Morgan fingerprint density at radius 2 is 1.83 bits per heavy atom. The number of nitrogens with zero attached hydrogens (tertiary/aromatic N) is 5. The predicted molar refractivity (Wildman–Crippen MR) is 136 cm³/mol. The van der Waals surface area contributed by atoms with Crippen LogP contribution in [-0.2, 0) is 0 Å². The smallest absolute Gasteiger partial charge is 0.269 e. The van der Waals surface area contributed by atoms with E-state index in [1.807, 2.05) is 47.9 Å². The number of nitrogens with one attached hydrogen (secondary N) is 2. The maximum Gasteiger partial charge on any atom is 0.269 e. The highest BCUT2D eigenvalue weighted by Gasteiger charge is 2.14. The highest BCUT2D eigenvalue weighted by Crippen LogP contribution is 2.24. The molecule has 2 N–H and O–H groups in total. The molecule has 2 aromatic heterocycles. The third-order valence-electron chi connectivity index (χ3n) is 5.66. The van der Waals surface area contributed by atoms with Crippen LogP contribution in [0.3, 0.4) is 0 Å². The van der Waals surface area contributed by atoms with Crippen LogP contribution >= 0.6 is 0 Å². The van der Waals surface area contributed by atoms with Crippen molar-refractivity contribution in [2.75, 3.05) is 10.6 Å². The molecule has 0 aliphatic carbocycles. The summed E-state index contributed by atoms with van der Waals surface area (Å²) in [6.07, 6.45) is 3.29. The van der Waals surface area contributed by atoms with Crippen molar-refractivity contribution in [3.8, 4) is 5.82 Å². The van der Waals surface area contributed by atoms with Crippen molar-refractivity contribution in [3.05, 3.63) is 113 Å². The lowest BCUT2D eigenvalue weighted by Crippen LogP contribution is -2.11. The minimum Gasteiger partial charge on any atom is -0.348 e. The van der Waals surface area contributed by atoms with Crippen LogP contribution in [-0.4, -0.2) is 30.3 Å². The summed E-state index contributed by atoms with van der Waals surface area (Å²) in [5.74, 6) is 0.779. The number of carbonyl (C=O) groups is 1. The van der Waals surface area contributed by atoms with Crippen molar-refractivity contribution < 1.29 is 9.72 Å². The Balaban J connectivity index is 1.36. The third-order valence-corrected chi connectivity index (χ3v) is 5.66. The van der Waals surface area contributed by atoms with E-state index >= 15 is 0 Å². The Bertz CT molecular complexity index is 1570. The number of hydrogen-bond acceptors (Lipinski definition) is 7. The number of nitro benzene ring substituents is 1. The van der Waals surface area contributed by atoms with Gasteiger partial charge in [-0.15, -0.1) is 0 Å². The second-order valence-electron chi connectivity index (χ2n) is 8.09. The molecule has 0 bridgehead atoms. The van der Waals surface area contributed by atoms with E-state index in [-0.39, 0.29) is 17.6 Å². The summed E-state index contributed by atoms with van der Waals surface area (Å²) in [5, 5.41) is 17.2. The fourth-order valence-electron chi connectivity index (χ4n) is 3.80. The Morgan fingerprint density at radius 1 is 1.00 bits per heavy atom. The van der Waals surface area contributed by atoms with Crippen LogP contribution < -0.4 is 10.6 Å². The molecule has 0 aliphatic rings. The number of aromatic nitrogens is 4. The van der Waals surface area contributed by atoms with Crippen molar-refractivity contribution in [1.82, 2.24) is 19.5 Å². The van der Waals surface area contributed by atoms with Gasteiger partial charge >= 0.3 is 0 Å². The summed E-state index contributed by atoms with van der Waals surface area (Å²) in [6, 6.07) is 22.4. The fraction of sp³-hybridized carbons (Fsp3) is 0.0769. The average molecular weight is 480 g/mol. The lowest BCUT2D eigenvalue weighted by Gasteiger charge is -2.14. The summed E-state index contributed by atoms with van der Waals surface area (Å²) in [6.45, 7) is 1.88. The number of nitro groups is 1. The van der Waals surface area contributed by atoms with Crippen LogP contribution in [0.4, 0.5) is 17.3 Å². The van der Waals surface area contributed by atoms with Gasteiger partial charge in [0.25, 0.3) is 11.6 Å². The van der Waals surface area contributed by atoms with E-state index in [9.17, 15) is 14.9 Å². The predicted octanol–water partition coefficient (Wildman–Crippen LogP) is 5.15. The Morgan fingerprint density at radius 3 is 2.64 bits per heavy atom. The summed E-state index contributed by atoms with van der Waals surface area (Å²) in [7, 11) is 0. The van der Waals surface area contributed by atoms with Crippen molar-refractivity contribution in [2.24, 2.45) is 0 Å². The number of anilines is 2. The summed E-state index contributed by atoms with van der Waals surface area (Å²) in [4.78, 5) is 36.5. The molecule has 2 heterocycles. The first kappa shape index (κ1) is 22.7. The van der Waals surface area contributed by atoms with Crippen LogP contribution in [0, 0.1) is 10.1 Å². The Hall–Kier alpha value is -5.12. The van der Waals surface area contributed by atoms with Gasteiger partial charge in [0, 0.05) is 29.6 Å². The SMILES string of the molecule is CC(Nc1nccc(-n2cnc3cc(NC(=O)c4ccccc4)ccc32)n1)c1cccc([N+](=O)[O-])c1. The van der Waals surface area contributed by atoms with Crippen molar-refractivity contribution in [3.63, 3.8) is 0 Å². The van der Waals surface area contributed by atoms with Gasteiger partial charge in [-0.1, -0.05) is 30.3 Å². The zero-order chi connectivity index (χ0) is 25.1. The number of benzene rings is 3. The average Bonchev–Trinajstić information content (AvgIpc) is 3.33. The monoisotopic (exact) mass is 479 g/mol.